The van der Waals surface area contributed by atoms with E-state index in [1.165, 1.54) is 30.6 Å². The number of para-hydroxylation sites is 1. The predicted octanol–water partition coefficient (Wildman–Crippen LogP) is 4.05. The van der Waals surface area contributed by atoms with Crippen LogP contribution < -0.4 is 10.2 Å². The minimum Gasteiger partial charge on any atom is -0.358 e. The first-order valence-electron chi connectivity index (χ1n) is 9.12. The molecule has 0 aliphatic carbocycles. The molecule has 0 saturated carbocycles. The molecule has 3 aromatic rings. The minimum atomic E-state index is -4.75. The van der Waals surface area contributed by atoms with Gasteiger partial charge in [-0.05, 0) is 30.7 Å². The van der Waals surface area contributed by atoms with Crippen molar-refractivity contribution in [3.05, 3.63) is 66.1 Å². The molecule has 4 rings (SSSR count). The van der Waals surface area contributed by atoms with E-state index >= 15 is 0 Å². The lowest BCUT2D eigenvalue weighted by molar-refractivity contribution is -0.141. The number of rotatable bonds is 4. The third kappa shape index (κ3) is 4.16. The average Bonchev–Trinajstić information content (AvgIpc) is 3.08. The van der Waals surface area contributed by atoms with Gasteiger partial charge in [0.15, 0.2) is 11.5 Å². The number of nitrogens with zero attached hydrogens (tertiary/aromatic N) is 4. The molecule has 1 aromatic carbocycles. The van der Waals surface area contributed by atoms with E-state index in [1.54, 1.807) is 0 Å². The van der Waals surface area contributed by atoms with E-state index in [0.29, 0.717) is 6.07 Å². The number of amides is 1. The Morgan fingerprint density at radius 2 is 1.81 bits per heavy atom. The molecule has 0 bridgehead atoms. The van der Waals surface area contributed by atoms with Crippen LogP contribution in [-0.2, 0) is 11.0 Å². The van der Waals surface area contributed by atoms with Gasteiger partial charge in [-0.1, -0.05) is 6.07 Å². The van der Waals surface area contributed by atoms with E-state index in [1.807, 2.05) is 0 Å². The maximum absolute atomic E-state index is 14.0. The molecule has 1 fully saturated rings. The average molecular weight is 435 g/mol. The lowest BCUT2D eigenvalue weighted by atomic mass is 10.2. The quantitative estimate of drug-likeness (QED) is 0.626. The van der Waals surface area contributed by atoms with E-state index in [-0.39, 0.29) is 30.2 Å². The van der Waals surface area contributed by atoms with Crippen molar-refractivity contribution >= 4 is 17.4 Å². The number of nitrogens with one attached hydrogen (secondary N) is 1. The molecule has 0 spiro atoms. The number of hydrogen-bond acceptors (Lipinski definition) is 5. The zero-order valence-corrected chi connectivity index (χ0v) is 15.7. The van der Waals surface area contributed by atoms with Crippen molar-refractivity contribution in [1.82, 2.24) is 15.0 Å². The Morgan fingerprint density at radius 1 is 1.06 bits per heavy atom. The number of aromatic nitrogens is 3. The number of alkyl halides is 3. The van der Waals surface area contributed by atoms with Crippen LogP contribution in [-0.4, -0.2) is 33.4 Å². The first kappa shape index (κ1) is 20.6. The molecule has 6 nitrogen and oxygen atoms in total. The van der Waals surface area contributed by atoms with Crippen LogP contribution >= 0.6 is 0 Å². The van der Waals surface area contributed by atoms with Gasteiger partial charge in [-0.2, -0.15) is 13.2 Å². The summed E-state index contributed by atoms with van der Waals surface area (Å²) in [6.45, 7) is -0.0129. The summed E-state index contributed by atoms with van der Waals surface area (Å²) in [5, 5.41) is 2.64. The fourth-order valence-corrected chi connectivity index (χ4v) is 3.25. The van der Waals surface area contributed by atoms with Crippen molar-refractivity contribution in [3.63, 3.8) is 0 Å². The molecular weight excluding hydrogens is 421 g/mol. The van der Waals surface area contributed by atoms with Crippen molar-refractivity contribution in [3.8, 4) is 11.4 Å². The van der Waals surface area contributed by atoms with Gasteiger partial charge in [0, 0.05) is 30.6 Å². The molecule has 1 unspecified atom stereocenters. The summed E-state index contributed by atoms with van der Waals surface area (Å²) < 4.78 is 68.1. The first-order chi connectivity index (χ1) is 14.7. The second-order valence-corrected chi connectivity index (χ2v) is 6.75. The Kier molecular flexibility index (Phi) is 5.25. The molecule has 3 heterocycles. The van der Waals surface area contributed by atoms with Gasteiger partial charge < -0.3 is 10.2 Å². The number of pyridine rings is 1. The predicted molar refractivity (Wildman–Crippen MR) is 101 cm³/mol. The van der Waals surface area contributed by atoms with Crippen LogP contribution in [0.5, 0.6) is 0 Å². The van der Waals surface area contributed by atoms with Gasteiger partial charge in [-0.3, -0.25) is 9.78 Å². The highest BCUT2D eigenvalue weighted by Gasteiger charge is 2.37. The maximum atomic E-state index is 14.0. The Bertz CT molecular complexity index is 1100. The van der Waals surface area contributed by atoms with Gasteiger partial charge in [-0.15, -0.1) is 0 Å². The first-order valence-corrected chi connectivity index (χ1v) is 9.12. The van der Waals surface area contributed by atoms with E-state index < -0.39 is 41.1 Å². The molecule has 1 N–H and O–H groups in total. The topological polar surface area (TPSA) is 71.0 Å². The third-order valence-corrected chi connectivity index (χ3v) is 4.67. The van der Waals surface area contributed by atoms with Gasteiger partial charge in [0.2, 0.25) is 5.91 Å². The van der Waals surface area contributed by atoms with Crippen LogP contribution in [0.2, 0.25) is 0 Å². The monoisotopic (exact) mass is 435 g/mol. The Hall–Kier alpha value is -3.63. The lowest BCUT2D eigenvalue weighted by Crippen LogP contribution is -2.34. The van der Waals surface area contributed by atoms with Crippen LogP contribution in [0, 0.1) is 11.6 Å². The van der Waals surface area contributed by atoms with Crippen molar-refractivity contribution < 1.29 is 26.7 Å². The standard InChI is InChI=1S/C20H14F5N5O/c21-12-4-1-5-13(22)17(12)30-8-6-14(19(30)31)27-16-9-15(20(23,24)25)28-18(29-16)11-3-2-7-26-10-11/h1-5,7,9-10,14H,6,8H2,(H,27,28,29). The van der Waals surface area contributed by atoms with E-state index in [0.717, 1.165) is 17.0 Å². The van der Waals surface area contributed by atoms with Crippen molar-refractivity contribution in [2.75, 3.05) is 16.8 Å². The number of halogens is 5. The lowest BCUT2D eigenvalue weighted by Gasteiger charge is -2.19. The fourth-order valence-electron chi connectivity index (χ4n) is 3.25. The highest BCUT2D eigenvalue weighted by atomic mass is 19.4. The van der Waals surface area contributed by atoms with Crippen molar-refractivity contribution in [1.29, 1.82) is 0 Å². The Labute approximate surface area is 172 Å². The minimum absolute atomic E-state index is 0.0129. The molecule has 1 aliphatic heterocycles. The van der Waals surface area contributed by atoms with E-state index in [9.17, 15) is 26.7 Å². The number of carbonyl (C=O) groups is 1. The van der Waals surface area contributed by atoms with Crippen LogP contribution in [0.25, 0.3) is 11.4 Å². The van der Waals surface area contributed by atoms with Gasteiger partial charge in [-0.25, -0.2) is 18.7 Å². The second-order valence-electron chi connectivity index (χ2n) is 6.75. The molecular formula is C20H14F5N5O. The zero-order valence-electron chi connectivity index (χ0n) is 15.7. The summed E-state index contributed by atoms with van der Waals surface area (Å²) in [5.74, 6) is -2.97. The molecule has 31 heavy (non-hydrogen) atoms. The third-order valence-electron chi connectivity index (χ3n) is 4.67. The molecule has 1 amide bonds. The van der Waals surface area contributed by atoms with Gasteiger partial charge in [0.1, 0.15) is 29.2 Å². The highest BCUT2D eigenvalue weighted by Crippen LogP contribution is 2.32. The van der Waals surface area contributed by atoms with Gasteiger partial charge in [0.25, 0.3) is 0 Å². The molecule has 0 radical (unpaired) electrons. The van der Waals surface area contributed by atoms with E-state index in [4.69, 9.17) is 0 Å². The van der Waals surface area contributed by atoms with Crippen LogP contribution in [0.4, 0.5) is 33.5 Å². The number of hydrogen-bond donors (Lipinski definition) is 1. The molecule has 160 valence electrons. The van der Waals surface area contributed by atoms with E-state index in [2.05, 4.69) is 20.3 Å². The summed E-state index contributed by atoms with van der Waals surface area (Å²) >= 11 is 0. The number of benzene rings is 1. The maximum Gasteiger partial charge on any atom is 0.433 e. The molecule has 1 aliphatic rings. The fraction of sp³-hybridized carbons (Fsp3) is 0.200. The molecule has 1 saturated heterocycles. The summed E-state index contributed by atoms with van der Waals surface area (Å²) in [7, 11) is 0. The molecule has 11 heteroatoms. The largest absolute Gasteiger partial charge is 0.433 e. The highest BCUT2D eigenvalue weighted by molar-refractivity contribution is 6.01. The van der Waals surface area contributed by atoms with Crippen LogP contribution in [0.3, 0.4) is 0 Å². The SMILES string of the molecule is O=C1C(Nc2cc(C(F)(F)F)nc(-c3cccnc3)n2)CCN1c1c(F)cccc1F. The van der Waals surface area contributed by atoms with Gasteiger partial charge >= 0.3 is 6.18 Å². The Balaban J connectivity index is 1.64. The summed E-state index contributed by atoms with van der Waals surface area (Å²) in [4.78, 5) is 25.1. The molecule has 1 atom stereocenters. The van der Waals surface area contributed by atoms with Crippen LogP contribution in [0.1, 0.15) is 12.1 Å². The Morgan fingerprint density at radius 3 is 2.45 bits per heavy atom. The smallest absolute Gasteiger partial charge is 0.358 e. The summed E-state index contributed by atoms with van der Waals surface area (Å²) in [6, 6.07) is 5.89. The zero-order chi connectivity index (χ0) is 22.2. The van der Waals surface area contributed by atoms with Crippen molar-refractivity contribution in [2.24, 2.45) is 0 Å². The number of carbonyl (C=O) groups excluding carboxylic acids is 1. The van der Waals surface area contributed by atoms with Gasteiger partial charge in [0.05, 0.1) is 0 Å². The van der Waals surface area contributed by atoms with Crippen LogP contribution in [0.15, 0.2) is 48.8 Å². The van der Waals surface area contributed by atoms with Crippen molar-refractivity contribution in [2.45, 2.75) is 18.6 Å². The second kappa shape index (κ2) is 7.89. The normalized spacial score (nSPS) is 16.6. The summed E-state index contributed by atoms with van der Waals surface area (Å²) in [5.41, 5.74) is -1.44. The number of anilines is 2. The summed E-state index contributed by atoms with van der Waals surface area (Å²) in [6.07, 6.45) is -1.88. The molecule has 2 aromatic heterocycles.